The third-order valence-corrected chi connectivity index (χ3v) is 4.48. The summed E-state index contributed by atoms with van der Waals surface area (Å²) in [5.41, 5.74) is 6.85. The Kier molecular flexibility index (Phi) is 4.63. The monoisotopic (exact) mass is 281 g/mol. The lowest BCUT2D eigenvalue weighted by Crippen LogP contribution is -2.21. The number of nitrogens with two attached hydrogens (primary N) is 1. The highest BCUT2D eigenvalue weighted by Gasteiger charge is 2.31. The van der Waals surface area contributed by atoms with Crippen LogP contribution in [0.3, 0.4) is 0 Å². The molecule has 1 fully saturated rings. The van der Waals surface area contributed by atoms with Crippen LogP contribution >= 0.6 is 11.8 Å². The van der Waals surface area contributed by atoms with Crippen LogP contribution in [0.5, 0.6) is 5.75 Å². The standard InChI is InChI=1S/C15H23NO2S/c1-4-17-11-5-6-13(16)14(9-11)19-10-12-7-8-15(2,3)18-12/h5-6,9,12H,4,7-8,10,16H2,1-3H3. The van der Waals surface area contributed by atoms with E-state index < -0.39 is 0 Å². The topological polar surface area (TPSA) is 44.5 Å². The molecule has 19 heavy (non-hydrogen) atoms. The number of hydrogen-bond acceptors (Lipinski definition) is 4. The van der Waals surface area contributed by atoms with Crippen molar-refractivity contribution < 1.29 is 9.47 Å². The first-order valence-corrected chi connectivity index (χ1v) is 7.81. The fraction of sp³-hybridized carbons (Fsp3) is 0.600. The van der Waals surface area contributed by atoms with E-state index in [4.69, 9.17) is 15.2 Å². The van der Waals surface area contributed by atoms with Crippen LogP contribution in [0.25, 0.3) is 0 Å². The van der Waals surface area contributed by atoms with Crippen molar-refractivity contribution >= 4 is 17.4 Å². The number of hydrogen-bond donors (Lipinski definition) is 1. The minimum absolute atomic E-state index is 0.0317. The van der Waals surface area contributed by atoms with Gasteiger partial charge in [0, 0.05) is 16.3 Å². The number of rotatable bonds is 5. The van der Waals surface area contributed by atoms with Crippen molar-refractivity contribution in [1.29, 1.82) is 0 Å². The second-order valence-corrected chi connectivity index (χ2v) is 6.54. The molecule has 2 rings (SSSR count). The highest BCUT2D eigenvalue weighted by Crippen LogP contribution is 2.35. The van der Waals surface area contributed by atoms with Crippen molar-refractivity contribution in [1.82, 2.24) is 0 Å². The number of anilines is 1. The molecule has 1 aromatic rings. The molecule has 1 aliphatic heterocycles. The molecule has 0 bridgehead atoms. The van der Waals surface area contributed by atoms with Crippen molar-refractivity contribution in [2.24, 2.45) is 0 Å². The first-order valence-electron chi connectivity index (χ1n) is 6.83. The molecule has 1 heterocycles. The predicted octanol–water partition coefficient (Wildman–Crippen LogP) is 3.72. The Morgan fingerprint density at radius 2 is 2.26 bits per heavy atom. The fourth-order valence-corrected chi connectivity index (χ4v) is 3.31. The quantitative estimate of drug-likeness (QED) is 0.660. The van der Waals surface area contributed by atoms with E-state index in [1.807, 2.05) is 25.1 Å². The molecule has 106 valence electrons. The summed E-state index contributed by atoms with van der Waals surface area (Å²) in [7, 11) is 0. The van der Waals surface area contributed by atoms with Gasteiger partial charge in [-0.1, -0.05) is 0 Å². The highest BCUT2D eigenvalue weighted by atomic mass is 32.2. The molecule has 0 radical (unpaired) electrons. The number of benzene rings is 1. The van der Waals surface area contributed by atoms with E-state index in [9.17, 15) is 0 Å². The van der Waals surface area contributed by atoms with Crippen LogP contribution in [-0.4, -0.2) is 24.1 Å². The highest BCUT2D eigenvalue weighted by molar-refractivity contribution is 7.99. The van der Waals surface area contributed by atoms with Gasteiger partial charge in [-0.15, -0.1) is 11.8 Å². The van der Waals surface area contributed by atoms with Gasteiger partial charge in [-0.3, -0.25) is 0 Å². The molecule has 0 amide bonds. The predicted molar refractivity (Wildman–Crippen MR) is 80.9 cm³/mol. The number of ether oxygens (including phenoxy) is 2. The molecule has 2 N–H and O–H groups in total. The maximum absolute atomic E-state index is 6.01. The van der Waals surface area contributed by atoms with Gasteiger partial charge in [0.05, 0.1) is 18.3 Å². The smallest absolute Gasteiger partial charge is 0.120 e. The van der Waals surface area contributed by atoms with Crippen molar-refractivity contribution in [2.45, 2.75) is 50.2 Å². The summed E-state index contributed by atoms with van der Waals surface area (Å²) in [4.78, 5) is 1.08. The van der Waals surface area contributed by atoms with Gasteiger partial charge in [-0.2, -0.15) is 0 Å². The van der Waals surface area contributed by atoms with Crippen LogP contribution in [-0.2, 0) is 4.74 Å². The third kappa shape index (κ3) is 4.05. The van der Waals surface area contributed by atoms with Crippen LogP contribution < -0.4 is 10.5 Å². The summed E-state index contributed by atoms with van der Waals surface area (Å²) in [6.45, 7) is 6.97. The van der Waals surface area contributed by atoms with E-state index in [2.05, 4.69) is 13.8 Å². The number of thioether (sulfide) groups is 1. The zero-order valence-electron chi connectivity index (χ0n) is 11.9. The normalized spacial score (nSPS) is 21.5. The fourth-order valence-electron chi connectivity index (χ4n) is 2.27. The van der Waals surface area contributed by atoms with Crippen LogP contribution in [0.15, 0.2) is 23.1 Å². The molecule has 1 unspecified atom stereocenters. The largest absolute Gasteiger partial charge is 0.494 e. The van der Waals surface area contributed by atoms with Gasteiger partial charge in [-0.25, -0.2) is 0 Å². The van der Waals surface area contributed by atoms with Gasteiger partial charge in [0.25, 0.3) is 0 Å². The molecule has 3 nitrogen and oxygen atoms in total. The summed E-state index contributed by atoms with van der Waals surface area (Å²) < 4.78 is 11.5. The van der Waals surface area contributed by atoms with E-state index in [0.717, 1.165) is 34.9 Å². The molecule has 4 heteroatoms. The molecule has 1 saturated heterocycles. The minimum atomic E-state index is 0.0317. The molecule has 0 spiro atoms. The lowest BCUT2D eigenvalue weighted by atomic mass is 10.1. The summed E-state index contributed by atoms with van der Waals surface area (Å²) in [6, 6.07) is 5.84. The van der Waals surface area contributed by atoms with Gasteiger partial charge in [0.15, 0.2) is 0 Å². The van der Waals surface area contributed by atoms with Crippen molar-refractivity contribution in [3.05, 3.63) is 18.2 Å². The zero-order valence-corrected chi connectivity index (χ0v) is 12.8. The summed E-state index contributed by atoms with van der Waals surface area (Å²) >= 11 is 1.76. The Morgan fingerprint density at radius 3 is 2.89 bits per heavy atom. The zero-order chi connectivity index (χ0) is 13.9. The van der Waals surface area contributed by atoms with Crippen LogP contribution in [0.2, 0.25) is 0 Å². The van der Waals surface area contributed by atoms with Gasteiger partial charge < -0.3 is 15.2 Å². The molecule has 0 saturated carbocycles. The van der Waals surface area contributed by atoms with Gasteiger partial charge in [0.1, 0.15) is 5.75 Å². The summed E-state index contributed by atoms with van der Waals surface area (Å²) in [5.74, 6) is 1.83. The van der Waals surface area contributed by atoms with Crippen LogP contribution in [0.1, 0.15) is 33.6 Å². The van der Waals surface area contributed by atoms with E-state index in [0.29, 0.717) is 12.7 Å². The molecule has 0 aromatic heterocycles. The molecular formula is C15H23NO2S. The van der Waals surface area contributed by atoms with Gasteiger partial charge in [0.2, 0.25) is 0 Å². The van der Waals surface area contributed by atoms with Crippen molar-refractivity contribution in [3.8, 4) is 5.75 Å². The first-order chi connectivity index (χ1) is 9.00. The molecule has 1 atom stereocenters. The average molecular weight is 281 g/mol. The van der Waals surface area contributed by atoms with Gasteiger partial charge >= 0.3 is 0 Å². The first kappa shape index (κ1) is 14.5. The average Bonchev–Trinajstić information content (AvgIpc) is 2.70. The maximum atomic E-state index is 6.01. The van der Waals surface area contributed by atoms with Crippen molar-refractivity contribution in [2.75, 3.05) is 18.1 Å². The second kappa shape index (κ2) is 6.06. The second-order valence-electron chi connectivity index (χ2n) is 5.48. The van der Waals surface area contributed by atoms with Crippen LogP contribution in [0.4, 0.5) is 5.69 Å². The molecule has 0 aliphatic carbocycles. The Labute approximate surface area is 119 Å². The Bertz CT molecular complexity index is 434. The minimum Gasteiger partial charge on any atom is -0.494 e. The lowest BCUT2D eigenvalue weighted by molar-refractivity contribution is -0.00466. The molecule has 1 aromatic carbocycles. The van der Waals surface area contributed by atoms with E-state index in [1.165, 1.54) is 0 Å². The lowest BCUT2D eigenvalue weighted by Gasteiger charge is -2.19. The number of nitrogen functional groups attached to an aromatic ring is 1. The Balaban J connectivity index is 1.94. The van der Waals surface area contributed by atoms with E-state index in [1.54, 1.807) is 11.8 Å². The third-order valence-electron chi connectivity index (χ3n) is 3.27. The van der Waals surface area contributed by atoms with E-state index in [-0.39, 0.29) is 5.60 Å². The van der Waals surface area contributed by atoms with E-state index >= 15 is 0 Å². The summed E-state index contributed by atoms with van der Waals surface area (Å²) in [6.07, 6.45) is 2.59. The summed E-state index contributed by atoms with van der Waals surface area (Å²) in [5, 5.41) is 0. The molecular weight excluding hydrogens is 258 g/mol. The van der Waals surface area contributed by atoms with Gasteiger partial charge in [-0.05, 0) is 51.8 Å². The van der Waals surface area contributed by atoms with Crippen molar-refractivity contribution in [3.63, 3.8) is 0 Å². The SMILES string of the molecule is CCOc1ccc(N)c(SCC2CCC(C)(C)O2)c1. The molecule has 1 aliphatic rings. The maximum Gasteiger partial charge on any atom is 0.120 e. The Hall–Kier alpha value is -0.870. The Morgan fingerprint density at radius 1 is 1.47 bits per heavy atom. The van der Waals surface area contributed by atoms with Crippen LogP contribution in [0, 0.1) is 0 Å².